The first-order valence-corrected chi connectivity index (χ1v) is 9.63. The van der Waals surface area contributed by atoms with Crippen molar-refractivity contribution in [2.75, 3.05) is 10.6 Å². The number of anilines is 2. The van der Waals surface area contributed by atoms with Crippen molar-refractivity contribution >= 4 is 40.2 Å². The molecule has 0 radical (unpaired) electrons. The summed E-state index contributed by atoms with van der Waals surface area (Å²) < 4.78 is 46.8. The molecule has 1 heterocycles. The number of aryl methyl sites for hydroxylation is 2. The molecule has 4 nitrogen and oxygen atoms in total. The minimum atomic E-state index is -1.24. The Kier molecular flexibility index (Phi) is 5.37. The molecule has 2 amide bonds. The van der Waals surface area contributed by atoms with Gasteiger partial charge in [0.1, 0.15) is 17.1 Å². The molecule has 0 saturated heterocycles. The smallest absolute Gasteiger partial charge is 0.326 e. The van der Waals surface area contributed by atoms with Crippen LogP contribution in [0.5, 0.6) is 0 Å². The van der Waals surface area contributed by atoms with Crippen LogP contribution in [-0.2, 0) is 0 Å². The average molecular weight is 445 g/mol. The van der Waals surface area contributed by atoms with Crippen LogP contribution in [0.3, 0.4) is 0 Å². The Hall–Kier alpha value is -3.45. The number of nitrogens with one attached hydrogen (secondary N) is 2. The minimum Gasteiger partial charge on any atom is -0.439 e. The fraction of sp³-hybridized carbons (Fsp3) is 0.0870. The summed E-state index contributed by atoms with van der Waals surface area (Å²) in [5.74, 6) is -3.52. The van der Waals surface area contributed by atoms with Gasteiger partial charge in [0.25, 0.3) is 0 Å². The van der Waals surface area contributed by atoms with Crippen LogP contribution in [0.4, 0.5) is 29.5 Å². The Labute approximate surface area is 180 Å². The van der Waals surface area contributed by atoms with E-state index in [0.29, 0.717) is 33.9 Å². The maximum atomic E-state index is 13.9. The highest BCUT2D eigenvalue weighted by Gasteiger charge is 2.22. The number of carbonyl (C=O) groups excluding carboxylic acids is 1. The summed E-state index contributed by atoms with van der Waals surface area (Å²) in [6, 6.07) is 10.8. The number of carbonyl (C=O) groups is 1. The van der Waals surface area contributed by atoms with Crippen LogP contribution >= 0.6 is 11.6 Å². The highest BCUT2D eigenvalue weighted by atomic mass is 35.5. The molecule has 0 spiro atoms. The normalized spacial score (nSPS) is 11.0. The van der Waals surface area contributed by atoms with Crippen LogP contribution in [0.25, 0.3) is 22.1 Å². The molecular weight excluding hydrogens is 429 g/mol. The van der Waals surface area contributed by atoms with Crippen LogP contribution in [0, 0.1) is 31.3 Å². The lowest BCUT2D eigenvalue weighted by Gasteiger charge is -2.10. The van der Waals surface area contributed by atoms with Gasteiger partial charge in [-0.1, -0.05) is 35.9 Å². The van der Waals surface area contributed by atoms with Gasteiger partial charge in [0.15, 0.2) is 11.6 Å². The molecule has 0 unspecified atom stereocenters. The predicted molar refractivity (Wildman–Crippen MR) is 115 cm³/mol. The Morgan fingerprint density at radius 2 is 1.65 bits per heavy atom. The number of benzene rings is 3. The number of furan rings is 1. The summed E-state index contributed by atoms with van der Waals surface area (Å²) in [4.78, 5) is 12.5. The number of hydrogen-bond donors (Lipinski definition) is 2. The quantitative estimate of drug-likeness (QED) is 0.345. The molecule has 0 aliphatic rings. The monoisotopic (exact) mass is 444 g/mol. The van der Waals surface area contributed by atoms with Crippen molar-refractivity contribution in [3.05, 3.63) is 82.1 Å². The fourth-order valence-corrected chi connectivity index (χ4v) is 3.71. The topological polar surface area (TPSA) is 54.3 Å². The van der Waals surface area contributed by atoms with Crippen LogP contribution in [0.1, 0.15) is 11.1 Å². The van der Waals surface area contributed by atoms with Crippen LogP contribution in [0.15, 0.2) is 52.9 Å². The maximum absolute atomic E-state index is 13.9. The average Bonchev–Trinajstić information content (AvgIpc) is 3.03. The van der Waals surface area contributed by atoms with Gasteiger partial charge in [-0.3, -0.25) is 5.32 Å². The molecule has 0 aliphatic carbocycles. The van der Waals surface area contributed by atoms with Gasteiger partial charge in [-0.15, -0.1) is 0 Å². The molecule has 158 valence electrons. The van der Waals surface area contributed by atoms with Crippen molar-refractivity contribution in [1.82, 2.24) is 0 Å². The first-order valence-electron chi connectivity index (χ1n) is 9.26. The lowest BCUT2D eigenvalue weighted by molar-refractivity contribution is 0.261. The van der Waals surface area contributed by atoms with Gasteiger partial charge in [-0.2, -0.15) is 0 Å². The van der Waals surface area contributed by atoms with Crippen molar-refractivity contribution in [1.29, 1.82) is 0 Å². The van der Waals surface area contributed by atoms with E-state index in [2.05, 4.69) is 10.6 Å². The van der Waals surface area contributed by atoms with Crippen molar-refractivity contribution in [2.24, 2.45) is 0 Å². The van der Waals surface area contributed by atoms with Crippen LogP contribution in [0.2, 0.25) is 5.02 Å². The molecule has 0 bridgehead atoms. The molecule has 3 aromatic carbocycles. The summed E-state index contributed by atoms with van der Waals surface area (Å²) in [6.45, 7) is 3.79. The van der Waals surface area contributed by atoms with Crippen molar-refractivity contribution in [2.45, 2.75) is 13.8 Å². The van der Waals surface area contributed by atoms with Gasteiger partial charge >= 0.3 is 6.03 Å². The van der Waals surface area contributed by atoms with Crippen molar-refractivity contribution in [3.8, 4) is 11.1 Å². The van der Waals surface area contributed by atoms with Crippen LogP contribution in [-0.4, -0.2) is 6.03 Å². The summed E-state index contributed by atoms with van der Waals surface area (Å²) in [5.41, 5.74) is 2.72. The number of halogens is 4. The van der Waals surface area contributed by atoms with Crippen LogP contribution < -0.4 is 10.6 Å². The number of urea groups is 1. The Morgan fingerprint density at radius 3 is 2.32 bits per heavy atom. The zero-order chi connectivity index (χ0) is 22.3. The molecule has 4 rings (SSSR count). The van der Waals surface area contributed by atoms with Gasteiger partial charge in [0, 0.05) is 28.1 Å². The second-order valence-electron chi connectivity index (χ2n) is 7.07. The third-order valence-electron chi connectivity index (χ3n) is 4.74. The van der Waals surface area contributed by atoms with Crippen molar-refractivity contribution in [3.63, 3.8) is 0 Å². The van der Waals surface area contributed by atoms with E-state index in [9.17, 15) is 18.0 Å². The van der Waals surface area contributed by atoms with Gasteiger partial charge in [-0.05, 0) is 37.1 Å². The molecule has 0 aliphatic heterocycles. The van der Waals surface area contributed by atoms with Gasteiger partial charge < -0.3 is 9.73 Å². The molecule has 31 heavy (non-hydrogen) atoms. The first-order chi connectivity index (χ1) is 14.7. The summed E-state index contributed by atoms with van der Waals surface area (Å²) >= 11 is 6.39. The van der Waals surface area contributed by atoms with Gasteiger partial charge in [-0.25, -0.2) is 18.0 Å². The Balaban J connectivity index is 1.79. The zero-order valence-electron chi connectivity index (χ0n) is 16.4. The summed E-state index contributed by atoms with van der Waals surface area (Å²) in [5, 5.41) is 5.70. The zero-order valence-corrected chi connectivity index (χ0v) is 17.2. The number of rotatable bonds is 3. The van der Waals surface area contributed by atoms with E-state index in [1.807, 2.05) is 26.0 Å². The Morgan fingerprint density at radius 1 is 0.968 bits per heavy atom. The van der Waals surface area contributed by atoms with E-state index in [0.717, 1.165) is 16.5 Å². The second-order valence-corrected chi connectivity index (χ2v) is 7.48. The molecule has 2 N–H and O–H groups in total. The van der Waals surface area contributed by atoms with E-state index in [4.69, 9.17) is 16.0 Å². The van der Waals surface area contributed by atoms with Gasteiger partial charge in [0.2, 0.25) is 5.88 Å². The number of fused-ring (bicyclic) bond motifs is 1. The van der Waals surface area contributed by atoms with Crippen molar-refractivity contribution < 1.29 is 22.4 Å². The Bertz CT molecular complexity index is 1310. The fourth-order valence-electron chi connectivity index (χ4n) is 3.48. The maximum Gasteiger partial charge on any atom is 0.326 e. The van der Waals surface area contributed by atoms with E-state index >= 15 is 0 Å². The lowest BCUT2D eigenvalue weighted by atomic mass is 10.0. The number of amides is 2. The van der Waals surface area contributed by atoms with E-state index in [-0.39, 0.29) is 5.88 Å². The summed E-state index contributed by atoms with van der Waals surface area (Å²) in [7, 11) is 0. The highest BCUT2D eigenvalue weighted by Crippen LogP contribution is 2.42. The predicted octanol–water partition coefficient (Wildman–Crippen LogP) is 7.43. The first kappa shape index (κ1) is 20.8. The molecule has 8 heteroatoms. The standard InChI is InChI=1S/C23H16ClF3N2O2/c1-11-7-12(2)21-15(8-11)19(14-5-3-4-6-16(14)24)22(31-21)29-23(30)28-20-17(26)9-13(25)10-18(20)27/h3-10H,1-2H3,(H2,28,29,30). The second kappa shape index (κ2) is 8.00. The number of hydrogen-bond acceptors (Lipinski definition) is 2. The van der Waals surface area contributed by atoms with E-state index in [1.165, 1.54) is 0 Å². The largest absolute Gasteiger partial charge is 0.439 e. The van der Waals surface area contributed by atoms with Gasteiger partial charge in [0.05, 0.1) is 5.56 Å². The molecule has 4 aromatic rings. The third-order valence-corrected chi connectivity index (χ3v) is 5.06. The lowest BCUT2D eigenvalue weighted by Crippen LogP contribution is -2.21. The highest BCUT2D eigenvalue weighted by molar-refractivity contribution is 6.34. The van der Waals surface area contributed by atoms with E-state index in [1.54, 1.807) is 24.3 Å². The minimum absolute atomic E-state index is 0.0530. The SMILES string of the molecule is Cc1cc(C)c2oc(NC(=O)Nc3c(F)cc(F)cc3F)c(-c3ccccc3Cl)c2c1. The third kappa shape index (κ3) is 3.96. The summed E-state index contributed by atoms with van der Waals surface area (Å²) in [6.07, 6.45) is 0. The molecule has 0 fully saturated rings. The molecule has 1 aromatic heterocycles. The van der Waals surface area contributed by atoms with E-state index < -0.39 is 29.2 Å². The molecule has 0 saturated carbocycles. The molecular formula is C23H16ClF3N2O2. The molecule has 0 atom stereocenters.